The Balaban J connectivity index is 1.97. The van der Waals surface area contributed by atoms with E-state index in [9.17, 15) is 9.90 Å². The number of methoxy groups -OCH3 is 1. The van der Waals surface area contributed by atoms with Gasteiger partial charge in [0.15, 0.2) is 17.3 Å². The molecule has 122 valence electrons. The third-order valence-corrected chi connectivity index (χ3v) is 4.39. The van der Waals surface area contributed by atoms with E-state index in [0.29, 0.717) is 5.75 Å². The Labute approximate surface area is 141 Å². The predicted octanol–water partition coefficient (Wildman–Crippen LogP) is 4.85. The minimum absolute atomic E-state index is 0.0973. The Hall–Kier alpha value is -2.81. The topological polar surface area (TPSA) is 46.5 Å². The minimum Gasteiger partial charge on any atom is -0.504 e. The molecule has 1 atom stereocenters. The zero-order chi connectivity index (χ0) is 17.3. The van der Waals surface area contributed by atoms with Crippen LogP contribution in [0.2, 0.25) is 0 Å². The summed E-state index contributed by atoms with van der Waals surface area (Å²) >= 11 is 0. The van der Waals surface area contributed by atoms with Gasteiger partial charge >= 0.3 is 0 Å². The van der Waals surface area contributed by atoms with Crippen molar-refractivity contribution in [3.05, 3.63) is 71.3 Å². The Morgan fingerprint density at radius 2 is 1.71 bits per heavy atom. The molecule has 0 aliphatic heterocycles. The Bertz CT molecular complexity index is 895. The van der Waals surface area contributed by atoms with Crippen LogP contribution in [0, 0.1) is 6.92 Å². The number of hydrogen-bond acceptors (Lipinski definition) is 3. The minimum atomic E-state index is -0.239. The second-order valence-electron chi connectivity index (χ2n) is 6.08. The summed E-state index contributed by atoms with van der Waals surface area (Å²) in [5.74, 6) is 0.399. The Kier molecular flexibility index (Phi) is 4.26. The first-order valence-corrected chi connectivity index (χ1v) is 7.91. The number of rotatable bonds is 4. The molecule has 24 heavy (non-hydrogen) atoms. The van der Waals surface area contributed by atoms with Gasteiger partial charge < -0.3 is 9.84 Å². The van der Waals surface area contributed by atoms with Gasteiger partial charge in [0.1, 0.15) is 0 Å². The molecule has 0 aliphatic rings. The van der Waals surface area contributed by atoms with Gasteiger partial charge in [0.25, 0.3) is 0 Å². The normalized spacial score (nSPS) is 12.1. The van der Waals surface area contributed by atoms with Gasteiger partial charge in [0.2, 0.25) is 0 Å². The second-order valence-corrected chi connectivity index (χ2v) is 6.08. The van der Waals surface area contributed by atoms with Gasteiger partial charge in [-0.2, -0.15) is 0 Å². The molecular weight excluding hydrogens is 300 g/mol. The quantitative estimate of drug-likeness (QED) is 0.699. The standard InChI is InChI=1S/C21H20O3/c1-13-4-6-15(7-5-13)21(23)14(2)16-8-9-17-11-19(22)20(24-3)12-18(17)10-16/h4-12,14,22H,1-3H3. The first-order chi connectivity index (χ1) is 11.5. The van der Waals surface area contributed by atoms with E-state index in [1.54, 1.807) is 12.1 Å². The van der Waals surface area contributed by atoms with Crippen molar-refractivity contribution in [3.63, 3.8) is 0 Å². The van der Waals surface area contributed by atoms with Crippen LogP contribution in [-0.4, -0.2) is 18.0 Å². The zero-order valence-electron chi connectivity index (χ0n) is 14.0. The molecule has 0 fully saturated rings. The van der Waals surface area contributed by atoms with E-state index in [4.69, 9.17) is 4.74 Å². The third kappa shape index (κ3) is 2.98. The van der Waals surface area contributed by atoms with Crippen LogP contribution in [0.1, 0.15) is 34.3 Å². The molecule has 0 radical (unpaired) electrons. The molecule has 0 saturated carbocycles. The maximum Gasteiger partial charge on any atom is 0.170 e. The summed E-state index contributed by atoms with van der Waals surface area (Å²) in [5, 5.41) is 11.7. The number of ketones is 1. The average Bonchev–Trinajstić information content (AvgIpc) is 2.60. The summed E-state index contributed by atoms with van der Waals surface area (Å²) in [6.07, 6.45) is 0. The van der Waals surface area contributed by atoms with Crippen LogP contribution >= 0.6 is 0 Å². The van der Waals surface area contributed by atoms with E-state index in [2.05, 4.69) is 0 Å². The van der Waals surface area contributed by atoms with Crippen LogP contribution in [0.5, 0.6) is 11.5 Å². The summed E-state index contributed by atoms with van der Waals surface area (Å²) in [5.41, 5.74) is 2.80. The number of Topliss-reactive ketones (excluding diaryl/α,β-unsaturated/α-hetero) is 1. The van der Waals surface area contributed by atoms with Gasteiger partial charge in [0, 0.05) is 11.5 Å². The molecule has 3 nitrogen and oxygen atoms in total. The number of phenolic OH excluding ortho intramolecular Hbond substituents is 1. The monoisotopic (exact) mass is 320 g/mol. The van der Waals surface area contributed by atoms with E-state index >= 15 is 0 Å². The number of hydrogen-bond donors (Lipinski definition) is 1. The van der Waals surface area contributed by atoms with Crippen molar-refractivity contribution in [2.24, 2.45) is 0 Å². The molecule has 0 aliphatic carbocycles. The van der Waals surface area contributed by atoms with Gasteiger partial charge in [-0.1, -0.05) is 55.0 Å². The van der Waals surface area contributed by atoms with Crippen molar-refractivity contribution in [2.75, 3.05) is 7.11 Å². The highest BCUT2D eigenvalue weighted by atomic mass is 16.5. The van der Waals surface area contributed by atoms with E-state index in [1.165, 1.54) is 7.11 Å². The molecule has 3 aromatic rings. The largest absolute Gasteiger partial charge is 0.504 e. The first kappa shape index (κ1) is 16.1. The molecule has 1 unspecified atom stereocenters. The third-order valence-electron chi connectivity index (χ3n) is 4.39. The SMILES string of the molecule is COc1cc2cc(C(C)C(=O)c3ccc(C)cc3)ccc2cc1O. The highest BCUT2D eigenvalue weighted by Gasteiger charge is 2.17. The second kappa shape index (κ2) is 6.36. The number of aromatic hydroxyl groups is 1. The van der Waals surface area contributed by atoms with Gasteiger partial charge in [0.05, 0.1) is 7.11 Å². The number of phenols is 1. The predicted molar refractivity (Wildman–Crippen MR) is 96.1 cm³/mol. The van der Waals surface area contributed by atoms with Crippen LogP contribution in [0.4, 0.5) is 0 Å². The molecule has 0 amide bonds. The van der Waals surface area contributed by atoms with E-state index in [0.717, 1.165) is 27.5 Å². The molecule has 1 N–H and O–H groups in total. The number of fused-ring (bicyclic) bond motifs is 1. The van der Waals surface area contributed by atoms with E-state index in [1.807, 2.05) is 56.3 Å². The number of aryl methyl sites for hydroxylation is 1. The summed E-state index contributed by atoms with van der Waals surface area (Å²) in [4.78, 5) is 12.7. The smallest absolute Gasteiger partial charge is 0.170 e. The van der Waals surface area contributed by atoms with Crippen molar-refractivity contribution in [1.82, 2.24) is 0 Å². The molecule has 0 bridgehead atoms. The summed E-state index contributed by atoms with van der Waals surface area (Å²) in [6, 6.07) is 16.9. The number of carbonyl (C=O) groups excluding carboxylic acids is 1. The highest BCUT2D eigenvalue weighted by Crippen LogP contribution is 2.33. The Morgan fingerprint density at radius 3 is 2.38 bits per heavy atom. The maximum absolute atomic E-state index is 12.7. The van der Waals surface area contributed by atoms with Crippen LogP contribution in [0.15, 0.2) is 54.6 Å². The molecule has 3 heteroatoms. The van der Waals surface area contributed by atoms with Crippen molar-refractivity contribution in [3.8, 4) is 11.5 Å². The summed E-state index contributed by atoms with van der Waals surface area (Å²) < 4.78 is 5.16. The lowest BCUT2D eigenvalue weighted by Gasteiger charge is -2.13. The zero-order valence-corrected chi connectivity index (χ0v) is 14.0. The summed E-state index contributed by atoms with van der Waals surface area (Å²) in [7, 11) is 1.52. The van der Waals surface area contributed by atoms with Crippen LogP contribution in [-0.2, 0) is 0 Å². The fraction of sp³-hybridized carbons (Fsp3) is 0.190. The fourth-order valence-electron chi connectivity index (χ4n) is 2.84. The number of carbonyl (C=O) groups is 1. The molecule has 0 saturated heterocycles. The molecule has 0 heterocycles. The molecule has 0 spiro atoms. The van der Waals surface area contributed by atoms with Crippen molar-refractivity contribution < 1.29 is 14.6 Å². The summed E-state index contributed by atoms with van der Waals surface area (Å²) in [6.45, 7) is 3.92. The van der Waals surface area contributed by atoms with Crippen molar-refractivity contribution >= 4 is 16.6 Å². The van der Waals surface area contributed by atoms with Gasteiger partial charge in [-0.3, -0.25) is 4.79 Å². The van der Waals surface area contributed by atoms with E-state index in [-0.39, 0.29) is 17.5 Å². The van der Waals surface area contributed by atoms with Crippen LogP contribution < -0.4 is 4.74 Å². The number of benzene rings is 3. The lowest BCUT2D eigenvalue weighted by molar-refractivity contribution is 0.0966. The fourth-order valence-corrected chi connectivity index (χ4v) is 2.84. The van der Waals surface area contributed by atoms with Gasteiger partial charge in [-0.25, -0.2) is 0 Å². The Morgan fingerprint density at radius 1 is 1.00 bits per heavy atom. The molecule has 3 aromatic carbocycles. The van der Waals surface area contributed by atoms with Gasteiger partial charge in [-0.05, 0) is 35.4 Å². The van der Waals surface area contributed by atoms with Crippen LogP contribution in [0.3, 0.4) is 0 Å². The highest BCUT2D eigenvalue weighted by molar-refractivity contribution is 6.01. The van der Waals surface area contributed by atoms with Gasteiger partial charge in [-0.15, -0.1) is 0 Å². The maximum atomic E-state index is 12.7. The molecule has 0 aromatic heterocycles. The van der Waals surface area contributed by atoms with E-state index < -0.39 is 0 Å². The number of ether oxygens (including phenoxy) is 1. The van der Waals surface area contributed by atoms with Crippen molar-refractivity contribution in [2.45, 2.75) is 19.8 Å². The molecular formula is C21H20O3. The first-order valence-electron chi connectivity index (χ1n) is 7.91. The van der Waals surface area contributed by atoms with Crippen LogP contribution in [0.25, 0.3) is 10.8 Å². The lowest BCUT2D eigenvalue weighted by Crippen LogP contribution is -2.09. The van der Waals surface area contributed by atoms with Crippen molar-refractivity contribution in [1.29, 1.82) is 0 Å². The molecule has 3 rings (SSSR count). The lowest BCUT2D eigenvalue weighted by atomic mass is 9.90. The average molecular weight is 320 g/mol.